The van der Waals surface area contributed by atoms with E-state index in [4.69, 9.17) is 17.3 Å². The number of rotatable bonds is 3. The molecule has 2 aromatic rings. The summed E-state index contributed by atoms with van der Waals surface area (Å²) in [5.41, 5.74) is 11.2. The van der Waals surface area contributed by atoms with Crippen molar-refractivity contribution < 1.29 is 0 Å². The molecule has 18 heavy (non-hydrogen) atoms. The van der Waals surface area contributed by atoms with Crippen molar-refractivity contribution in [3.05, 3.63) is 45.7 Å². The summed E-state index contributed by atoms with van der Waals surface area (Å²) >= 11 is 6.26. The topological polar surface area (TPSA) is 43.8 Å². The normalized spacial score (nSPS) is 10.9. The molecule has 0 spiro atoms. The lowest BCUT2D eigenvalue weighted by molar-refractivity contribution is 0.813. The van der Waals surface area contributed by atoms with Gasteiger partial charge in [0.15, 0.2) is 0 Å². The second-order valence-corrected chi connectivity index (χ2v) is 4.89. The van der Waals surface area contributed by atoms with E-state index >= 15 is 0 Å². The van der Waals surface area contributed by atoms with Crippen LogP contribution in [-0.2, 0) is 6.42 Å². The van der Waals surface area contributed by atoms with Crippen molar-refractivity contribution in [2.45, 2.75) is 27.2 Å². The second kappa shape index (κ2) is 5.12. The molecule has 0 amide bonds. The number of nitrogens with zero attached hydrogens (tertiary/aromatic N) is 2. The van der Waals surface area contributed by atoms with E-state index in [1.54, 1.807) is 0 Å². The Morgan fingerprint density at radius 3 is 2.56 bits per heavy atom. The van der Waals surface area contributed by atoms with Crippen LogP contribution in [0.5, 0.6) is 0 Å². The maximum Gasteiger partial charge on any atom is 0.0696 e. The van der Waals surface area contributed by atoms with Gasteiger partial charge in [0, 0.05) is 10.7 Å². The maximum atomic E-state index is 6.26. The summed E-state index contributed by atoms with van der Waals surface area (Å²) in [6, 6.07) is 5.88. The monoisotopic (exact) mass is 263 g/mol. The van der Waals surface area contributed by atoms with Crippen LogP contribution in [0.3, 0.4) is 0 Å². The van der Waals surface area contributed by atoms with Crippen molar-refractivity contribution in [1.82, 2.24) is 9.78 Å². The minimum Gasteiger partial charge on any atom is -0.330 e. The summed E-state index contributed by atoms with van der Waals surface area (Å²) in [4.78, 5) is 0. The number of hydrogen-bond acceptors (Lipinski definition) is 2. The summed E-state index contributed by atoms with van der Waals surface area (Å²) in [5.74, 6) is 0. The van der Waals surface area contributed by atoms with Gasteiger partial charge in [0.2, 0.25) is 0 Å². The molecule has 0 aliphatic carbocycles. The van der Waals surface area contributed by atoms with Gasteiger partial charge in [-0.2, -0.15) is 5.10 Å². The maximum absolute atomic E-state index is 6.26. The van der Waals surface area contributed by atoms with Crippen LogP contribution in [0.15, 0.2) is 18.2 Å². The SMILES string of the molecule is Cc1nn(-c2cccc(Cl)c2CCN)c(C)c1C. The van der Waals surface area contributed by atoms with Gasteiger partial charge in [-0.05, 0) is 57.0 Å². The molecule has 0 atom stereocenters. The van der Waals surface area contributed by atoms with Gasteiger partial charge in [-0.15, -0.1) is 0 Å². The van der Waals surface area contributed by atoms with Gasteiger partial charge < -0.3 is 5.73 Å². The fourth-order valence-corrected chi connectivity index (χ4v) is 2.36. The first kappa shape index (κ1) is 13.1. The van der Waals surface area contributed by atoms with Crippen molar-refractivity contribution in [3.8, 4) is 5.69 Å². The molecule has 0 aliphatic heterocycles. The third kappa shape index (κ3) is 2.16. The van der Waals surface area contributed by atoms with Crippen LogP contribution in [0, 0.1) is 20.8 Å². The smallest absolute Gasteiger partial charge is 0.0696 e. The molecule has 2 N–H and O–H groups in total. The zero-order valence-corrected chi connectivity index (χ0v) is 11.8. The molecule has 0 saturated heterocycles. The number of halogens is 1. The van der Waals surface area contributed by atoms with Crippen molar-refractivity contribution in [3.63, 3.8) is 0 Å². The van der Waals surface area contributed by atoms with Gasteiger partial charge in [0.05, 0.1) is 11.4 Å². The highest BCUT2D eigenvalue weighted by Gasteiger charge is 2.13. The Morgan fingerprint density at radius 2 is 2.00 bits per heavy atom. The molecule has 0 bridgehead atoms. The Bertz CT molecular complexity index is 573. The van der Waals surface area contributed by atoms with Crippen molar-refractivity contribution in [1.29, 1.82) is 0 Å². The molecular weight excluding hydrogens is 246 g/mol. The molecule has 0 radical (unpaired) electrons. The van der Waals surface area contributed by atoms with E-state index < -0.39 is 0 Å². The molecule has 3 nitrogen and oxygen atoms in total. The molecule has 0 unspecified atom stereocenters. The lowest BCUT2D eigenvalue weighted by Crippen LogP contribution is -2.09. The largest absolute Gasteiger partial charge is 0.330 e. The van der Waals surface area contributed by atoms with Gasteiger partial charge in [-0.25, -0.2) is 4.68 Å². The summed E-state index contributed by atoms with van der Waals surface area (Å²) in [5, 5.41) is 5.33. The van der Waals surface area contributed by atoms with Crippen molar-refractivity contribution in [2.24, 2.45) is 5.73 Å². The summed E-state index contributed by atoms with van der Waals surface area (Å²) in [6.07, 6.45) is 0.756. The Morgan fingerprint density at radius 1 is 1.28 bits per heavy atom. The molecule has 2 rings (SSSR count). The van der Waals surface area contributed by atoms with Gasteiger partial charge >= 0.3 is 0 Å². The number of aryl methyl sites for hydroxylation is 1. The number of hydrogen-bond donors (Lipinski definition) is 1. The average molecular weight is 264 g/mol. The van der Waals surface area contributed by atoms with Crippen LogP contribution >= 0.6 is 11.6 Å². The molecular formula is C14H18ClN3. The van der Waals surface area contributed by atoms with Crippen LogP contribution in [0.1, 0.15) is 22.5 Å². The van der Waals surface area contributed by atoms with Crippen LogP contribution < -0.4 is 5.73 Å². The highest BCUT2D eigenvalue weighted by Crippen LogP contribution is 2.25. The van der Waals surface area contributed by atoms with Crippen LogP contribution in [0.25, 0.3) is 5.69 Å². The predicted octanol–water partition coefficient (Wildman–Crippen LogP) is 2.95. The molecule has 0 aliphatic rings. The van der Waals surface area contributed by atoms with E-state index in [-0.39, 0.29) is 0 Å². The first-order valence-corrected chi connectivity index (χ1v) is 6.44. The summed E-state index contributed by atoms with van der Waals surface area (Å²) in [7, 11) is 0. The highest BCUT2D eigenvalue weighted by molar-refractivity contribution is 6.31. The van der Waals surface area contributed by atoms with Crippen LogP contribution in [0.4, 0.5) is 0 Å². The summed E-state index contributed by atoms with van der Waals surface area (Å²) in [6.45, 7) is 6.75. The van der Waals surface area contributed by atoms with Gasteiger partial charge in [0.1, 0.15) is 0 Å². The fourth-order valence-electron chi connectivity index (χ4n) is 2.09. The Hall–Kier alpha value is -1.32. The molecule has 0 saturated carbocycles. The molecule has 0 fully saturated rings. The van der Waals surface area contributed by atoms with Crippen molar-refractivity contribution >= 4 is 11.6 Å². The van der Waals surface area contributed by atoms with Gasteiger partial charge in [-0.1, -0.05) is 17.7 Å². The second-order valence-electron chi connectivity index (χ2n) is 4.48. The fraction of sp³-hybridized carbons (Fsp3) is 0.357. The van der Waals surface area contributed by atoms with Gasteiger partial charge in [0.25, 0.3) is 0 Å². The van der Waals surface area contributed by atoms with Crippen molar-refractivity contribution in [2.75, 3.05) is 6.54 Å². The lowest BCUT2D eigenvalue weighted by Gasteiger charge is -2.12. The molecule has 4 heteroatoms. The first-order valence-electron chi connectivity index (χ1n) is 6.07. The zero-order valence-electron chi connectivity index (χ0n) is 11.0. The average Bonchev–Trinajstić information content (AvgIpc) is 2.60. The molecule has 1 heterocycles. The third-order valence-corrected chi connectivity index (χ3v) is 3.72. The zero-order chi connectivity index (χ0) is 13.3. The number of nitrogens with two attached hydrogens (primary N) is 1. The highest BCUT2D eigenvalue weighted by atomic mass is 35.5. The lowest BCUT2D eigenvalue weighted by atomic mass is 10.1. The minimum atomic E-state index is 0.578. The van der Waals surface area contributed by atoms with Crippen LogP contribution in [0.2, 0.25) is 5.02 Å². The minimum absolute atomic E-state index is 0.578. The van der Waals surface area contributed by atoms with E-state index in [9.17, 15) is 0 Å². The Balaban J connectivity index is 2.63. The standard InChI is InChI=1S/C14H18ClN3/c1-9-10(2)17-18(11(9)3)14-6-4-5-13(15)12(14)7-8-16/h4-6H,7-8,16H2,1-3H3. The predicted molar refractivity (Wildman–Crippen MR) is 75.5 cm³/mol. The van der Waals surface area contributed by atoms with Crippen LogP contribution in [-0.4, -0.2) is 16.3 Å². The van der Waals surface area contributed by atoms with E-state index in [2.05, 4.69) is 18.9 Å². The number of benzene rings is 1. The summed E-state index contributed by atoms with van der Waals surface area (Å²) < 4.78 is 1.96. The van der Waals surface area contributed by atoms with E-state index in [1.165, 1.54) is 5.56 Å². The molecule has 96 valence electrons. The van der Waals surface area contributed by atoms with E-state index in [0.29, 0.717) is 6.54 Å². The van der Waals surface area contributed by atoms with E-state index in [1.807, 2.05) is 29.8 Å². The first-order chi connectivity index (χ1) is 8.56. The van der Waals surface area contributed by atoms with Gasteiger partial charge in [-0.3, -0.25) is 0 Å². The Labute approximate surface area is 113 Å². The molecule has 1 aromatic heterocycles. The Kier molecular flexibility index (Phi) is 3.73. The number of aromatic nitrogens is 2. The molecule has 1 aromatic carbocycles. The quantitative estimate of drug-likeness (QED) is 0.925. The van der Waals surface area contributed by atoms with E-state index in [0.717, 1.165) is 34.1 Å². The third-order valence-electron chi connectivity index (χ3n) is 3.37.